The molecule has 1 aliphatic carbocycles. The maximum absolute atomic E-state index is 12.0. The molecule has 1 aliphatic heterocycles. The SMILES string of the molecule is O=C1CC(CNc2ncccc2-c2ncon2)CN1C1CC1. The van der Waals surface area contributed by atoms with E-state index in [1.165, 1.54) is 6.39 Å². The molecule has 2 aromatic heterocycles. The molecule has 0 bridgehead atoms. The van der Waals surface area contributed by atoms with Gasteiger partial charge in [0.15, 0.2) is 0 Å². The van der Waals surface area contributed by atoms with Crippen molar-refractivity contribution in [3.05, 3.63) is 24.7 Å². The first kappa shape index (κ1) is 13.2. The van der Waals surface area contributed by atoms with Gasteiger partial charge in [0.2, 0.25) is 18.1 Å². The maximum Gasteiger partial charge on any atom is 0.223 e. The lowest BCUT2D eigenvalue weighted by atomic mass is 10.1. The summed E-state index contributed by atoms with van der Waals surface area (Å²) in [5.41, 5.74) is 0.805. The Bertz CT molecular complexity index is 668. The van der Waals surface area contributed by atoms with Crippen LogP contribution >= 0.6 is 0 Å². The maximum atomic E-state index is 12.0. The first-order valence-electron chi connectivity index (χ1n) is 7.56. The van der Waals surface area contributed by atoms with Gasteiger partial charge in [-0.3, -0.25) is 4.79 Å². The molecule has 7 nitrogen and oxygen atoms in total. The molecule has 2 aromatic rings. The first-order chi connectivity index (χ1) is 10.8. The van der Waals surface area contributed by atoms with E-state index in [1.54, 1.807) is 6.20 Å². The van der Waals surface area contributed by atoms with Gasteiger partial charge in [0.25, 0.3) is 0 Å². The highest BCUT2D eigenvalue weighted by Crippen LogP contribution is 2.32. The molecule has 0 radical (unpaired) electrons. The van der Waals surface area contributed by atoms with E-state index in [0.717, 1.165) is 37.3 Å². The minimum absolute atomic E-state index is 0.286. The summed E-state index contributed by atoms with van der Waals surface area (Å²) in [7, 11) is 0. The van der Waals surface area contributed by atoms with E-state index < -0.39 is 0 Å². The van der Waals surface area contributed by atoms with Crippen molar-refractivity contribution in [1.29, 1.82) is 0 Å². The Morgan fingerprint density at radius 1 is 1.36 bits per heavy atom. The van der Waals surface area contributed by atoms with Crippen LogP contribution in [0.5, 0.6) is 0 Å². The van der Waals surface area contributed by atoms with E-state index in [4.69, 9.17) is 4.52 Å². The standard InChI is InChI=1S/C15H17N5O2/c21-13-6-10(8-20(13)11-3-4-11)7-17-14-12(2-1-5-16-14)15-18-9-22-19-15/h1-2,5,9-11H,3-4,6-8H2,(H,16,17). The molecule has 1 N–H and O–H groups in total. The van der Waals surface area contributed by atoms with E-state index >= 15 is 0 Å². The van der Waals surface area contributed by atoms with Crippen LogP contribution in [0.15, 0.2) is 29.2 Å². The number of carbonyl (C=O) groups is 1. The van der Waals surface area contributed by atoms with E-state index in [2.05, 4.69) is 20.4 Å². The second-order valence-corrected chi connectivity index (χ2v) is 5.88. The molecule has 0 aromatic carbocycles. The van der Waals surface area contributed by atoms with Gasteiger partial charge in [-0.05, 0) is 25.0 Å². The zero-order chi connectivity index (χ0) is 14.9. The highest BCUT2D eigenvalue weighted by atomic mass is 16.5. The Hall–Kier alpha value is -2.44. The van der Waals surface area contributed by atoms with E-state index in [-0.39, 0.29) is 5.91 Å². The zero-order valence-corrected chi connectivity index (χ0v) is 12.1. The lowest BCUT2D eigenvalue weighted by molar-refractivity contribution is -0.128. The predicted octanol–water partition coefficient (Wildman–Crippen LogP) is 1.55. The van der Waals surface area contributed by atoms with Gasteiger partial charge in [-0.2, -0.15) is 4.98 Å². The van der Waals surface area contributed by atoms with Crippen LogP contribution in [0.3, 0.4) is 0 Å². The molecule has 1 saturated carbocycles. The number of amides is 1. The summed E-state index contributed by atoms with van der Waals surface area (Å²) in [4.78, 5) is 22.4. The van der Waals surface area contributed by atoms with E-state index in [9.17, 15) is 4.79 Å². The van der Waals surface area contributed by atoms with Crippen LogP contribution in [0.25, 0.3) is 11.4 Å². The summed E-state index contributed by atoms with van der Waals surface area (Å²) in [5.74, 6) is 1.85. The van der Waals surface area contributed by atoms with Crippen molar-refractivity contribution in [3.63, 3.8) is 0 Å². The van der Waals surface area contributed by atoms with Gasteiger partial charge in [-0.1, -0.05) is 5.16 Å². The molecule has 1 atom stereocenters. The van der Waals surface area contributed by atoms with Crippen LogP contribution in [0.1, 0.15) is 19.3 Å². The fourth-order valence-electron chi connectivity index (χ4n) is 2.94. The molecule has 2 aliphatic rings. The minimum atomic E-state index is 0.286. The third kappa shape index (κ3) is 2.54. The number of aromatic nitrogens is 3. The third-order valence-corrected chi connectivity index (χ3v) is 4.19. The molecule has 7 heteroatoms. The average Bonchev–Trinajstić information content (AvgIpc) is 3.09. The summed E-state index contributed by atoms with van der Waals surface area (Å²) < 4.78 is 4.80. The number of hydrogen-bond acceptors (Lipinski definition) is 6. The largest absolute Gasteiger partial charge is 0.369 e. The summed E-state index contributed by atoms with van der Waals surface area (Å²) >= 11 is 0. The zero-order valence-electron chi connectivity index (χ0n) is 12.1. The Kier molecular flexibility index (Phi) is 3.25. The number of nitrogens with zero attached hydrogens (tertiary/aromatic N) is 4. The molecule has 4 rings (SSSR count). The van der Waals surface area contributed by atoms with Gasteiger partial charge in [-0.15, -0.1) is 0 Å². The predicted molar refractivity (Wildman–Crippen MR) is 78.9 cm³/mol. The fourth-order valence-corrected chi connectivity index (χ4v) is 2.94. The van der Waals surface area contributed by atoms with Gasteiger partial charge in [-0.25, -0.2) is 4.98 Å². The summed E-state index contributed by atoms with van der Waals surface area (Å²) in [6, 6.07) is 4.24. The number of rotatable bonds is 5. The normalized spacial score (nSPS) is 21.4. The van der Waals surface area contributed by atoms with Crippen molar-refractivity contribution < 1.29 is 9.32 Å². The van der Waals surface area contributed by atoms with Crippen LogP contribution < -0.4 is 5.32 Å². The van der Waals surface area contributed by atoms with Crippen LogP contribution in [0, 0.1) is 5.92 Å². The number of hydrogen-bond donors (Lipinski definition) is 1. The molecule has 2 fully saturated rings. The van der Waals surface area contributed by atoms with E-state index in [0.29, 0.717) is 24.2 Å². The number of nitrogens with one attached hydrogen (secondary N) is 1. The van der Waals surface area contributed by atoms with Crippen molar-refractivity contribution >= 4 is 11.7 Å². The molecule has 22 heavy (non-hydrogen) atoms. The van der Waals surface area contributed by atoms with Crippen molar-refractivity contribution in [2.45, 2.75) is 25.3 Å². The van der Waals surface area contributed by atoms with Crippen LogP contribution in [-0.2, 0) is 4.79 Å². The van der Waals surface area contributed by atoms with Crippen molar-refractivity contribution in [1.82, 2.24) is 20.0 Å². The number of pyridine rings is 1. The summed E-state index contributed by atoms with van der Waals surface area (Å²) in [6.45, 7) is 1.57. The number of anilines is 1. The molecule has 1 unspecified atom stereocenters. The van der Waals surface area contributed by atoms with E-state index in [1.807, 2.05) is 17.0 Å². The minimum Gasteiger partial charge on any atom is -0.369 e. The third-order valence-electron chi connectivity index (χ3n) is 4.19. The van der Waals surface area contributed by atoms with Gasteiger partial charge in [0.05, 0.1) is 5.56 Å². The fraction of sp³-hybridized carbons (Fsp3) is 0.467. The van der Waals surface area contributed by atoms with Crippen LogP contribution in [0.2, 0.25) is 0 Å². The molecule has 1 amide bonds. The van der Waals surface area contributed by atoms with Gasteiger partial charge in [0.1, 0.15) is 5.82 Å². The molecule has 3 heterocycles. The van der Waals surface area contributed by atoms with Crippen LogP contribution in [0.4, 0.5) is 5.82 Å². The second-order valence-electron chi connectivity index (χ2n) is 5.88. The quantitative estimate of drug-likeness (QED) is 0.902. The number of carbonyl (C=O) groups excluding carboxylic acids is 1. The number of likely N-dealkylation sites (tertiary alicyclic amines) is 1. The van der Waals surface area contributed by atoms with Crippen molar-refractivity contribution in [2.75, 3.05) is 18.4 Å². The van der Waals surface area contributed by atoms with Gasteiger partial charge < -0.3 is 14.7 Å². The topological polar surface area (TPSA) is 84.2 Å². The lowest BCUT2D eigenvalue weighted by Gasteiger charge is -2.16. The lowest BCUT2D eigenvalue weighted by Crippen LogP contribution is -2.28. The molecular weight excluding hydrogens is 282 g/mol. The Morgan fingerprint density at radius 3 is 3.05 bits per heavy atom. The highest BCUT2D eigenvalue weighted by molar-refractivity contribution is 5.79. The first-order valence-corrected chi connectivity index (χ1v) is 7.56. The monoisotopic (exact) mass is 299 g/mol. The molecule has 114 valence electrons. The summed E-state index contributed by atoms with van der Waals surface area (Å²) in [6.07, 6.45) is 5.97. The van der Waals surface area contributed by atoms with Gasteiger partial charge >= 0.3 is 0 Å². The van der Waals surface area contributed by atoms with Crippen molar-refractivity contribution in [2.24, 2.45) is 5.92 Å². The summed E-state index contributed by atoms with van der Waals surface area (Å²) in [5, 5.41) is 7.19. The Morgan fingerprint density at radius 2 is 2.27 bits per heavy atom. The van der Waals surface area contributed by atoms with Crippen LogP contribution in [-0.4, -0.2) is 45.1 Å². The van der Waals surface area contributed by atoms with Gasteiger partial charge in [0, 0.05) is 37.7 Å². The Balaban J connectivity index is 1.43. The average molecular weight is 299 g/mol. The molecular formula is C15H17N5O2. The Labute approximate surface area is 127 Å². The van der Waals surface area contributed by atoms with Crippen molar-refractivity contribution in [3.8, 4) is 11.4 Å². The highest BCUT2D eigenvalue weighted by Gasteiger charge is 2.39. The molecule has 0 spiro atoms. The smallest absolute Gasteiger partial charge is 0.223 e. The second kappa shape index (κ2) is 5.40. The molecule has 1 saturated heterocycles.